The molecule has 1 aliphatic rings. The Morgan fingerprint density at radius 3 is 2.68 bits per heavy atom. The predicted molar refractivity (Wildman–Crippen MR) is 79.8 cm³/mol. The molecule has 2 heterocycles. The van der Waals surface area contributed by atoms with Crippen molar-refractivity contribution in [2.75, 3.05) is 39.3 Å². The molecule has 0 spiro atoms. The monoisotopic (exact) mass is 303 g/mol. The Morgan fingerprint density at radius 1 is 1.42 bits per heavy atom. The third-order valence-electron chi connectivity index (χ3n) is 3.64. The van der Waals surface area contributed by atoms with Crippen LogP contribution in [0.1, 0.15) is 30.1 Å². The van der Waals surface area contributed by atoms with E-state index >= 15 is 0 Å². The lowest BCUT2D eigenvalue weighted by Crippen LogP contribution is -2.48. The lowest BCUT2D eigenvalue weighted by molar-refractivity contribution is 0.0817. The van der Waals surface area contributed by atoms with Gasteiger partial charge in [0.1, 0.15) is 5.01 Å². The molecule has 1 N–H and O–H groups in total. The molecule has 1 aromatic rings. The van der Waals surface area contributed by atoms with Gasteiger partial charge in [0.15, 0.2) is 0 Å². The van der Waals surface area contributed by atoms with E-state index in [1.165, 1.54) is 5.01 Å². The first-order valence-electron chi connectivity index (χ1n) is 6.86. The Kier molecular flexibility index (Phi) is 6.04. The highest BCUT2D eigenvalue weighted by Gasteiger charge is 2.25. The largest absolute Gasteiger partial charge is 0.395 e. The van der Waals surface area contributed by atoms with Gasteiger partial charge >= 0.3 is 0 Å². The summed E-state index contributed by atoms with van der Waals surface area (Å²) in [5.41, 5.74) is 0.985. The minimum atomic E-state index is 0.253. The van der Waals surface area contributed by atoms with Gasteiger partial charge in [0.2, 0.25) is 0 Å². The van der Waals surface area contributed by atoms with E-state index in [9.17, 15) is 0 Å². The van der Waals surface area contributed by atoms with Crippen molar-refractivity contribution in [1.82, 2.24) is 14.8 Å². The van der Waals surface area contributed by atoms with Crippen LogP contribution in [0.5, 0.6) is 0 Å². The van der Waals surface area contributed by atoms with Gasteiger partial charge in [-0.05, 0) is 6.42 Å². The van der Waals surface area contributed by atoms with Crippen molar-refractivity contribution in [3.8, 4) is 0 Å². The first-order chi connectivity index (χ1) is 9.28. The first-order valence-corrected chi connectivity index (χ1v) is 8.27. The van der Waals surface area contributed by atoms with Gasteiger partial charge in [0.25, 0.3) is 0 Å². The number of halogens is 1. The first kappa shape index (κ1) is 15.2. The van der Waals surface area contributed by atoms with E-state index in [2.05, 4.69) is 27.1 Å². The molecule has 0 radical (unpaired) electrons. The zero-order chi connectivity index (χ0) is 13.7. The highest BCUT2D eigenvalue weighted by Crippen LogP contribution is 2.28. The van der Waals surface area contributed by atoms with Crippen LogP contribution in [0, 0.1) is 0 Å². The van der Waals surface area contributed by atoms with Gasteiger partial charge in [0, 0.05) is 38.1 Å². The Bertz CT molecular complexity index is 380. The number of alkyl halides is 1. The van der Waals surface area contributed by atoms with Gasteiger partial charge < -0.3 is 5.11 Å². The van der Waals surface area contributed by atoms with Crippen molar-refractivity contribution in [2.45, 2.75) is 25.3 Å². The van der Waals surface area contributed by atoms with E-state index in [0.717, 1.165) is 44.8 Å². The van der Waals surface area contributed by atoms with Crippen LogP contribution in [0.2, 0.25) is 0 Å². The number of piperazine rings is 1. The summed E-state index contributed by atoms with van der Waals surface area (Å²) in [7, 11) is 0. The highest BCUT2D eigenvalue weighted by molar-refractivity contribution is 7.09. The fourth-order valence-corrected chi connectivity index (χ4v) is 3.83. The van der Waals surface area contributed by atoms with E-state index in [1.807, 2.05) is 0 Å². The molecule has 1 aliphatic heterocycles. The van der Waals surface area contributed by atoms with Gasteiger partial charge in [-0.15, -0.1) is 22.9 Å². The highest BCUT2D eigenvalue weighted by atomic mass is 35.5. The van der Waals surface area contributed by atoms with Crippen molar-refractivity contribution < 1.29 is 5.11 Å². The van der Waals surface area contributed by atoms with Crippen LogP contribution < -0.4 is 0 Å². The molecule has 0 amide bonds. The maximum Gasteiger partial charge on any atom is 0.110 e. The zero-order valence-electron chi connectivity index (χ0n) is 11.4. The number of aliphatic hydroxyl groups is 1. The normalized spacial score (nSPS) is 19.7. The summed E-state index contributed by atoms with van der Waals surface area (Å²) >= 11 is 7.55. The van der Waals surface area contributed by atoms with Crippen LogP contribution in [0.25, 0.3) is 0 Å². The summed E-state index contributed by atoms with van der Waals surface area (Å²) in [6.07, 6.45) is 1.08. The van der Waals surface area contributed by atoms with Gasteiger partial charge in [-0.25, -0.2) is 4.98 Å². The average Bonchev–Trinajstić information content (AvgIpc) is 2.91. The lowest BCUT2D eigenvalue weighted by Gasteiger charge is -2.38. The van der Waals surface area contributed by atoms with Gasteiger partial charge in [-0.3, -0.25) is 9.80 Å². The van der Waals surface area contributed by atoms with Crippen LogP contribution in [-0.2, 0) is 5.88 Å². The predicted octanol–water partition coefficient (Wildman–Crippen LogP) is 1.94. The summed E-state index contributed by atoms with van der Waals surface area (Å²) < 4.78 is 0. The molecule has 4 nitrogen and oxygen atoms in total. The van der Waals surface area contributed by atoms with E-state index in [0.29, 0.717) is 11.9 Å². The Labute approximate surface area is 124 Å². The molecule has 19 heavy (non-hydrogen) atoms. The number of aromatic nitrogens is 1. The molecular weight excluding hydrogens is 282 g/mol. The number of aliphatic hydroxyl groups excluding tert-OH is 1. The standard InChI is InChI=1S/C13H22ClN3OS/c1-2-12(13-15-11(9-14)10-19-13)17-5-3-16(4-6-17)7-8-18/h10,12,18H,2-9H2,1H3. The van der Waals surface area contributed by atoms with E-state index in [4.69, 9.17) is 16.7 Å². The molecule has 1 aromatic heterocycles. The maximum absolute atomic E-state index is 8.97. The Balaban J connectivity index is 1.95. The van der Waals surface area contributed by atoms with Crippen molar-refractivity contribution >= 4 is 22.9 Å². The second-order valence-electron chi connectivity index (χ2n) is 4.84. The summed E-state index contributed by atoms with van der Waals surface area (Å²) in [6.45, 7) is 7.42. The summed E-state index contributed by atoms with van der Waals surface area (Å²) in [5.74, 6) is 0.497. The SMILES string of the molecule is CCC(c1nc(CCl)cs1)N1CCN(CCO)CC1. The molecule has 2 rings (SSSR count). The minimum absolute atomic E-state index is 0.253. The van der Waals surface area contributed by atoms with Crippen LogP contribution in [0.3, 0.4) is 0 Å². The number of hydrogen-bond acceptors (Lipinski definition) is 5. The Morgan fingerprint density at radius 2 is 2.16 bits per heavy atom. The maximum atomic E-state index is 8.97. The molecule has 0 aromatic carbocycles. The van der Waals surface area contributed by atoms with Gasteiger partial charge in [-0.1, -0.05) is 6.92 Å². The molecule has 0 saturated carbocycles. The van der Waals surface area contributed by atoms with Crippen molar-refractivity contribution in [2.24, 2.45) is 0 Å². The summed E-state index contributed by atoms with van der Waals surface area (Å²) in [6, 6.07) is 0.415. The van der Waals surface area contributed by atoms with E-state index in [-0.39, 0.29) is 6.61 Å². The molecule has 0 bridgehead atoms. The quantitative estimate of drug-likeness (QED) is 0.815. The van der Waals surface area contributed by atoms with Crippen molar-refractivity contribution in [3.05, 3.63) is 16.1 Å². The number of nitrogens with zero attached hydrogens (tertiary/aromatic N) is 3. The summed E-state index contributed by atoms with van der Waals surface area (Å²) in [5, 5.41) is 12.2. The number of thiazole rings is 1. The molecule has 6 heteroatoms. The van der Waals surface area contributed by atoms with Crippen LogP contribution in [0.15, 0.2) is 5.38 Å². The fraction of sp³-hybridized carbons (Fsp3) is 0.769. The smallest absolute Gasteiger partial charge is 0.110 e. The molecule has 0 aliphatic carbocycles. The van der Waals surface area contributed by atoms with Crippen molar-refractivity contribution in [1.29, 1.82) is 0 Å². The summed E-state index contributed by atoms with van der Waals surface area (Å²) in [4.78, 5) is 9.44. The van der Waals surface area contributed by atoms with Crippen molar-refractivity contribution in [3.63, 3.8) is 0 Å². The number of hydrogen-bond donors (Lipinski definition) is 1. The van der Waals surface area contributed by atoms with Crippen LogP contribution >= 0.6 is 22.9 Å². The van der Waals surface area contributed by atoms with E-state index in [1.54, 1.807) is 11.3 Å². The second-order valence-corrected chi connectivity index (χ2v) is 5.99. The van der Waals surface area contributed by atoms with E-state index < -0.39 is 0 Å². The topological polar surface area (TPSA) is 39.6 Å². The molecular formula is C13H22ClN3OS. The van der Waals surface area contributed by atoms with Gasteiger partial charge in [0.05, 0.1) is 24.2 Å². The molecule has 1 fully saturated rings. The average molecular weight is 304 g/mol. The minimum Gasteiger partial charge on any atom is -0.395 e. The molecule has 1 unspecified atom stereocenters. The Hall–Kier alpha value is -0.200. The van der Waals surface area contributed by atoms with Crippen LogP contribution in [0.4, 0.5) is 0 Å². The fourth-order valence-electron chi connectivity index (χ4n) is 2.57. The molecule has 108 valence electrons. The second kappa shape index (κ2) is 7.55. The van der Waals surface area contributed by atoms with Crippen LogP contribution in [-0.4, -0.2) is 59.2 Å². The third-order valence-corrected chi connectivity index (χ3v) is 4.91. The third kappa shape index (κ3) is 3.89. The number of rotatable bonds is 6. The zero-order valence-corrected chi connectivity index (χ0v) is 13.0. The lowest BCUT2D eigenvalue weighted by atomic mass is 10.1. The molecule has 1 atom stereocenters. The molecule has 1 saturated heterocycles. The van der Waals surface area contributed by atoms with Gasteiger partial charge in [-0.2, -0.15) is 0 Å². The number of β-amino-alcohol motifs (C(OH)–C–C–N with tert-alkyl or cyclic N) is 1.